The molecule has 0 bridgehead atoms. The minimum Gasteiger partial charge on any atom is -0.312 e. The first kappa shape index (κ1) is 24.9. The van der Waals surface area contributed by atoms with Crippen molar-refractivity contribution in [1.82, 2.24) is 16.0 Å². The first-order chi connectivity index (χ1) is 18.3. The third-order valence-corrected chi connectivity index (χ3v) is 8.67. The zero-order valence-corrected chi connectivity index (χ0v) is 22.2. The van der Waals surface area contributed by atoms with Gasteiger partial charge in [0.2, 0.25) is 0 Å². The van der Waals surface area contributed by atoms with Crippen LogP contribution in [0, 0.1) is 12.0 Å². The highest BCUT2D eigenvalue weighted by Crippen LogP contribution is 2.32. The van der Waals surface area contributed by atoms with Gasteiger partial charge in [-0.1, -0.05) is 67.8 Å². The highest BCUT2D eigenvalue weighted by Gasteiger charge is 2.21. The van der Waals surface area contributed by atoms with Gasteiger partial charge in [-0.05, 0) is 108 Å². The molecular formula is C34H42N3. The molecule has 3 aliphatic carbocycles. The molecule has 0 heterocycles. The molecule has 3 aromatic carbocycles. The second-order valence-electron chi connectivity index (χ2n) is 11.6. The largest absolute Gasteiger partial charge is 0.312 e. The van der Waals surface area contributed by atoms with Crippen molar-refractivity contribution in [2.75, 3.05) is 6.54 Å². The van der Waals surface area contributed by atoms with Crippen LogP contribution in [0.2, 0.25) is 0 Å². The Morgan fingerprint density at radius 1 is 0.649 bits per heavy atom. The van der Waals surface area contributed by atoms with Gasteiger partial charge in [-0.25, -0.2) is 0 Å². The van der Waals surface area contributed by atoms with Crippen molar-refractivity contribution in [3.8, 4) is 22.3 Å². The third kappa shape index (κ3) is 6.52. The quantitative estimate of drug-likeness (QED) is 0.255. The lowest BCUT2D eigenvalue weighted by Crippen LogP contribution is -2.34. The Balaban J connectivity index is 1.25. The summed E-state index contributed by atoms with van der Waals surface area (Å²) in [5, 5.41) is 11.3. The summed E-state index contributed by atoms with van der Waals surface area (Å²) in [7, 11) is 0. The molecule has 3 nitrogen and oxygen atoms in total. The summed E-state index contributed by atoms with van der Waals surface area (Å²) in [6.45, 7) is 3.92. The van der Waals surface area contributed by atoms with E-state index in [1.54, 1.807) is 0 Å². The number of nitrogens with one attached hydrogen (secondary N) is 3. The smallest absolute Gasteiger partial charge is 0.0214 e. The maximum atomic E-state index is 3.84. The van der Waals surface area contributed by atoms with E-state index in [-0.39, 0.29) is 0 Å². The molecule has 3 heteroatoms. The van der Waals surface area contributed by atoms with Crippen LogP contribution in [0.15, 0.2) is 60.7 Å². The van der Waals surface area contributed by atoms with Crippen molar-refractivity contribution in [2.24, 2.45) is 5.92 Å². The Kier molecular flexibility index (Phi) is 8.02. The van der Waals surface area contributed by atoms with Crippen LogP contribution in [0.25, 0.3) is 22.3 Å². The SMILES string of the molecule is [c]1ccc(-c2ccc(-c3ccccc3CNCC3CC3)cc2CNC2CCC2)cc1CNC1CCCC1. The van der Waals surface area contributed by atoms with Crippen molar-refractivity contribution in [3.05, 3.63) is 83.4 Å². The number of benzene rings is 3. The Hall–Kier alpha value is -2.46. The van der Waals surface area contributed by atoms with Crippen molar-refractivity contribution in [1.29, 1.82) is 0 Å². The standard InChI is InChI=1S/C34H42N3/c1-4-14-33(29(8-1)23-35-21-25-15-16-25)28-17-18-34(30(20-28)24-37-32-12-6-13-32)27-9-5-7-26(19-27)22-36-31-10-2-3-11-31/h1,4-5,8-9,14,17-20,25,31-32,35-37H,2-3,6,10-13,15-16,21-24H2. The maximum absolute atomic E-state index is 3.84. The van der Waals surface area contributed by atoms with Crippen molar-refractivity contribution < 1.29 is 0 Å². The fourth-order valence-corrected chi connectivity index (χ4v) is 5.91. The van der Waals surface area contributed by atoms with E-state index in [4.69, 9.17) is 0 Å². The Labute approximate surface area is 223 Å². The Morgan fingerprint density at radius 3 is 2.16 bits per heavy atom. The van der Waals surface area contributed by atoms with Crippen LogP contribution in [0.4, 0.5) is 0 Å². The summed E-state index contributed by atoms with van der Waals surface area (Å²) < 4.78 is 0. The molecule has 0 unspecified atom stereocenters. The fourth-order valence-electron chi connectivity index (χ4n) is 5.91. The van der Waals surface area contributed by atoms with Gasteiger partial charge < -0.3 is 16.0 Å². The summed E-state index contributed by atoms with van der Waals surface area (Å²) >= 11 is 0. The molecule has 37 heavy (non-hydrogen) atoms. The predicted molar refractivity (Wildman–Crippen MR) is 154 cm³/mol. The van der Waals surface area contributed by atoms with E-state index in [2.05, 4.69) is 82.7 Å². The van der Waals surface area contributed by atoms with Gasteiger partial charge >= 0.3 is 0 Å². The van der Waals surface area contributed by atoms with E-state index in [0.717, 1.165) is 32.1 Å². The van der Waals surface area contributed by atoms with Gasteiger partial charge in [0.15, 0.2) is 0 Å². The Morgan fingerprint density at radius 2 is 1.38 bits per heavy atom. The molecule has 6 rings (SSSR count). The lowest BCUT2D eigenvalue weighted by Gasteiger charge is -2.27. The molecule has 0 spiro atoms. The molecule has 1 radical (unpaired) electrons. The highest BCUT2D eigenvalue weighted by atomic mass is 14.9. The summed E-state index contributed by atoms with van der Waals surface area (Å²) in [6.07, 6.45) is 12.1. The van der Waals surface area contributed by atoms with Gasteiger partial charge in [0, 0.05) is 31.7 Å². The normalized spacial score (nSPS) is 18.3. The predicted octanol–water partition coefficient (Wildman–Crippen LogP) is 6.99. The van der Waals surface area contributed by atoms with Gasteiger partial charge in [0.1, 0.15) is 0 Å². The zero-order valence-electron chi connectivity index (χ0n) is 22.2. The highest BCUT2D eigenvalue weighted by molar-refractivity contribution is 5.75. The van der Waals surface area contributed by atoms with Crippen LogP contribution < -0.4 is 16.0 Å². The van der Waals surface area contributed by atoms with Crippen LogP contribution in [0.5, 0.6) is 0 Å². The van der Waals surface area contributed by atoms with E-state index >= 15 is 0 Å². The molecule has 193 valence electrons. The summed E-state index contributed by atoms with van der Waals surface area (Å²) in [5.41, 5.74) is 9.37. The first-order valence-corrected chi connectivity index (χ1v) is 14.7. The maximum Gasteiger partial charge on any atom is 0.0214 e. The summed E-state index contributed by atoms with van der Waals surface area (Å²) in [6, 6.07) is 27.6. The second kappa shape index (κ2) is 11.9. The lowest BCUT2D eigenvalue weighted by molar-refractivity contribution is 0.338. The molecule has 0 aromatic heterocycles. The monoisotopic (exact) mass is 492 g/mol. The first-order valence-electron chi connectivity index (χ1n) is 14.7. The van der Waals surface area contributed by atoms with Crippen LogP contribution in [-0.4, -0.2) is 18.6 Å². The van der Waals surface area contributed by atoms with E-state index in [0.29, 0.717) is 12.1 Å². The molecule has 3 N–H and O–H groups in total. The molecule has 3 aromatic rings. The van der Waals surface area contributed by atoms with E-state index in [1.165, 1.54) is 96.7 Å². The number of hydrogen-bond acceptors (Lipinski definition) is 3. The average Bonchev–Trinajstić information content (AvgIpc) is 3.58. The molecule has 0 saturated heterocycles. The van der Waals surface area contributed by atoms with Gasteiger partial charge in [0.05, 0.1) is 0 Å². The molecule has 3 aliphatic rings. The topological polar surface area (TPSA) is 36.1 Å². The van der Waals surface area contributed by atoms with Crippen LogP contribution in [0.3, 0.4) is 0 Å². The van der Waals surface area contributed by atoms with Crippen LogP contribution >= 0.6 is 0 Å². The van der Waals surface area contributed by atoms with Gasteiger partial charge in [0.25, 0.3) is 0 Å². The molecule has 0 atom stereocenters. The third-order valence-electron chi connectivity index (χ3n) is 8.67. The average molecular weight is 493 g/mol. The number of rotatable bonds is 12. The Bertz CT molecular complexity index is 1170. The van der Waals surface area contributed by atoms with Gasteiger partial charge in [-0.2, -0.15) is 0 Å². The molecule has 3 saturated carbocycles. The summed E-state index contributed by atoms with van der Waals surface area (Å²) in [5.74, 6) is 0.900. The van der Waals surface area contributed by atoms with Crippen LogP contribution in [-0.2, 0) is 19.6 Å². The molecular weight excluding hydrogens is 450 g/mol. The molecule has 0 aliphatic heterocycles. The van der Waals surface area contributed by atoms with E-state index in [9.17, 15) is 0 Å². The lowest BCUT2D eigenvalue weighted by atomic mass is 9.90. The molecule has 0 amide bonds. The van der Waals surface area contributed by atoms with Crippen molar-refractivity contribution in [2.45, 2.75) is 89.5 Å². The minimum atomic E-state index is 0.672. The minimum absolute atomic E-state index is 0.672. The van der Waals surface area contributed by atoms with Crippen molar-refractivity contribution in [3.63, 3.8) is 0 Å². The molecule has 3 fully saturated rings. The van der Waals surface area contributed by atoms with E-state index in [1.807, 2.05) is 0 Å². The van der Waals surface area contributed by atoms with Crippen molar-refractivity contribution >= 4 is 0 Å². The number of hydrogen-bond donors (Lipinski definition) is 3. The van der Waals surface area contributed by atoms with Gasteiger partial charge in [-0.3, -0.25) is 0 Å². The zero-order chi connectivity index (χ0) is 24.9. The summed E-state index contributed by atoms with van der Waals surface area (Å²) in [4.78, 5) is 0. The van der Waals surface area contributed by atoms with Gasteiger partial charge in [-0.15, -0.1) is 0 Å². The van der Waals surface area contributed by atoms with E-state index < -0.39 is 0 Å². The van der Waals surface area contributed by atoms with Crippen LogP contribution in [0.1, 0.15) is 74.5 Å². The second-order valence-corrected chi connectivity index (χ2v) is 11.6. The fraction of sp³-hybridized carbons (Fsp3) is 0.471.